The molecule has 3 heterocycles. The Morgan fingerprint density at radius 1 is 1.32 bits per heavy atom. The number of nitrogens with zero attached hydrogens (tertiary/aromatic N) is 3. The van der Waals surface area contributed by atoms with E-state index in [9.17, 15) is 4.79 Å². The van der Waals surface area contributed by atoms with E-state index in [-0.39, 0.29) is 18.2 Å². The van der Waals surface area contributed by atoms with E-state index in [1.165, 1.54) is 0 Å². The molecule has 0 radical (unpaired) electrons. The summed E-state index contributed by atoms with van der Waals surface area (Å²) in [4.78, 5) is 21.2. The molecule has 0 aromatic carbocycles. The summed E-state index contributed by atoms with van der Waals surface area (Å²) in [7, 11) is 1.74. The van der Waals surface area contributed by atoms with Crippen molar-refractivity contribution in [2.45, 2.75) is 25.0 Å². The van der Waals surface area contributed by atoms with Crippen LogP contribution in [0.3, 0.4) is 0 Å². The van der Waals surface area contributed by atoms with Gasteiger partial charge in [-0.2, -0.15) is 0 Å². The zero-order chi connectivity index (χ0) is 17.5. The largest absolute Gasteiger partial charge is 0.381 e. The Bertz CT molecular complexity index is 528. The zero-order valence-corrected chi connectivity index (χ0v) is 14.9. The third kappa shape index (κ3) is 4.90. The van der Waals surface area contributed by atoms with Gasteiger partial charge in [-0.15, -0.1) is 0 Å². The average molecular weight is 348 g/mol. The molecule has 0 aliphatic carbocycles. The molecule has 0 bridgehead atoms. The molecule has 0 spiro atoms. The fraction of sp³-hybridized carbons (Fsp3) is 0.667. The van der Waals surface area contributed by atoms with Crippen LogP contribution in [0.15, 0.2) is 24.4 Å². The van der Waals surface area contributed by atoms with E-state index in [1.807, 2.05) is 23.1 Å². The van der Waals surface area contributed by atoms with Gasteiger partial charge in [0, 0.05) is 46.0 Å². The van der Waals surface area contributed by atoms with Crippen LogP contribution >= 0.6 is 0 Å². The number of rotatable bonds is 5. The van der Waals surface area contributed by atoms with Gasteiger partial charge in [0.25, 0.3) is 0 Å². The fourth-order valence-corrected chi connectivity index (χ4v) is 3.47. The zero-order valence-electron chi connectivity index (χ0n) is 14.9. The molecule has 1 aromatic rings. The highest BCUT2D eigenvalue weighted by atomic mass is 16.5. The number of urea groups is 1. The van der Waals surface area contributed by atoms with Crippen LogP contribution in [0.25, 0.3) is 0 Å². The third-order valence-corrected chi connectivity index (χ3v) is 5.02. The van der Waals surface area contributed by atoms with Crippen LogP contribution in [0.5, 0.6) is 0 Å². The van der Waals surface area contributed by atoms with Crippen LogP contribution in [-0.4, -0.2) is 80.0 Å². The molecule has 3 rings (SSSR count). The van der Waals surface area contributed by atoms with E-state index in [2.05, 4.69) is 15.2 Å². The molecule has 7 nitrogen and oxygen atoms in total. The van der Waals surface area contributed by atoms with Gasteiger partial charge in [-0.05, 0) is 25.0 Å². The molecule has 138 valence electrons. The Balaban J connectivity index is 1.57. The van der Waals surface area contributed by atoms with Crippen LogP contribution in [0, 0.1) is 0 Å². The second kappa shape index (κ2) is 9.12. The molecule has 25 heavy (non-hydrogen) atoms. The maximum atomic E-state index is 12.5. The Morgan fingerprint density at radius 3 is 2.72 bits per heavy atom. The summed E-state index contributed by atoms with van der Waals surface area (Å²) in [6.45, 7) is 5.21. The summed E-state index contributed by atoms with van der Waals surface area (Å²) in [5, 5.41) is 3.10. The Morgan fingerprint density at radius 2 is 2.08 bits per heavy atom. The molecule has 7 heteroatoms. The molecule has 2 aliphatic heterocycles. The van der Waals surface area contributed by atoms with Gasteiger partial charge in [-0.3, -0.25) is 9.88 Å². The van der Waals surface area contributed by atoms with Gasteiger partial charge in [0.05, 0.1) is 31.1 Å². The number of nitrogens with one attached hydrogen (secondary N) is 1. The maximum Gasteiger partial charge on any atom is 0.317 e. The second-order valence-electron chi connectivity index (χ2n) is 6.53. The van der Waals surface area contributed by atoms with E-state index >= 15 is 0 Å². The van der Waals surface area contributed by atoms with E-state index in [0.717, 1.165) is 57.9 Å². The van der Waals surface area contributed by atoms with Crippen molar-refractivity contribution in [2.24, 2.45) is 0 Å². The van der Waals surface area contributed by atoms with Crippen molar-refractivity contribution in [1.82, 2.24) is 20.1 Å². The summed E-state index contributed by atoms with van der Waals surface area (Å²) in [6.07, 6.45) is 3.88. The van der Waals surface area contributed by atoms with Gasteiger partial charge in [0.15, 0.2) is 0 Å². The number of hydrogen-bond acceptors (Lipinski definition) is 5. The molecular weight excluding hydrogens is 320 g/mol. The SMILES string of the molecule is COC1CCN(C(=O)NC[C@H](c2ccccn2)N2CCOCC2)CC1. The van der Waals surface area contributed by atoms with Crippen molar-refractivity contribution in [3.8, 4) is 0 Å². The van der Waals surface area contributed by atoms with E-state index in [4.69, 9.17) is 9.47 Å². The molecular formula is C18H28N4O3. The van der Waals surface area contributed by atoms with Crippen molar-refractivity contribution >= 4 is 6.03 Å². The normalized spacial score (nSPS) is 21.1. The number of amides is 2. The van der Waals surface area contributed by atoms with Crippen LogP contribution in [0.1, 0.15) is 24.6 Å². The molecule has 1 atom stereocenters. The smallest absolute Gasteiger partial charge is 0.317 e. The van der Waals surface area contributed by atoms with Crippen LogP contribution in [0.4, 0.5) is 4.79 Å². The highest BCUT2D eigenvalue weighted by Crippen LogP contribution is 2.19. The van der Waals surface area contributed by atoms with Crippen molar-refractivity contribution in [3.63, 3.8) is 0 Å². The first-order chi connectivity index (χ1) is 12.3. The lowest BCUT2D eigenvalue weighted by atomic mass is 10.1. The topological polar surface area (TPSA) is 66.9 Å². The quantitative estimate of drug-likeness (QED) is 0.868. The fourth-order valence-electron chi connectivity index (χ4n) is 3.47. The summed E-state index contributed by atoms with van der Waals surface area (Å²) in [6, 6.07) is 6.01. The molecule has 0 unspecified atom stereocenters. The number of hydrogen-bond donors (Lipinski definition) is 1. The molecule has 2 fully saturated rings. The van der Waals surface area contributed by atoms with Gasteiger partial charge >= 0.3 is 6.03 Å². The van der Waals surface area contributed by atoms with Crippen molar-refractivity contribution in [2.75, 3.05) is 53.0 Å². The lowest BCUT2D eigenvalue weighted by Crippen LogP contribution is -2.49. The molecule has 1 N–H and O–H groups in total. The number of aromatic nitrogens is 1. The van der Waals surface area contributed by atoms with Crippen molar-refractivity contribution in [1.29, 1.82) is 0 Å². The minimum atomic E-state index is 0.00347. The third-order valence-electron chi connectivity index (χ3n) is 5.02. The Kier molecular flexibility index (Phi) is 6.61. The van der Waals surface area contributed by atoms with Gasteiger partial charge in [0.1, 0.15) is 0 Å². The number of methoxy groups -OCH3 is 1. The monoisotopic (exact) mass is 348 g/mol. The lowest BCUT2D eigenvalue weighted by molar-refractivity contribution is 0.0152. The highest BCUT2D eigenvalue weighted by Gasteiger charge is 2.26. The number of morpholine rings is 1. The number of carbonyl (C=O) groups is 1. The number of ether oxygens (including phenoxy) is 2. The van der Waals surface area contributed by atoms with Crippen molar-refractivity contribution in [3.05, 3.63) is 30.1 Å². The standard InChI is InChI=1S/C18H28N4O3/c1-24-15-5-8-22(9-6-15)18(23)20-14-17(16-4-2-3-7-19-16)21-10-12-25-13-11-21/h2-4,7,15,17H,5-6,8-14H2,1H3,(H,20,23)/t17-/m1/s1. The first-order valence-electron chi connectivity index (χ1n) is 9.06. The van der Waals surface area contributed by atoms with Crippen LogP contribution in [-0.2, 0) is 9.47 Å². The van der Waals surface area contributed by atoms with Crippen LogP contribution in [0.2, 0.25) is 0 Å². The van der Waals surface area contributed by atoms with Crippen molar-refractivity contribution < 1.29 is 14.3 Å². The maximum absolute atomic E-state index is 12.5. The van der Waals surface area contributed by atoms with Gasteiger partial charge in [-0.25, -0.2) is 4.79 Å². The Labute approximate surface area is 149 Å². The minimum Gasteiger partial charge on any atom is -0.381 e. The number of likely N-dealkylation sites (tertiary alicyclic amines) is 1. The van der Waals surface area contributed by atoms with E-state index in [0.29, 0.717) is 6.54 Å². The molecule has 2 saturated heterocycles. The van der Waals surface area contributed by atoms with Gasteiger partial charge < -0.3 is 19.7 Å². The molecule has 2 amide bonds. The lowest BCUT2D eigenvalue weighted by Gasteiger charge is -2.35. The average Bonchev–Trinajstić information content (AvgIpc) is 2.70. The first kappa shape index (κ1) is 18.1. The summed E-state index contributed by atoms with van der Waals surface area (Å²) >= 11 is 0. The van der Waals surface area contributed by atoms with Gasteiger partial charge in [0.2, 0.25) is 0 Å². The molecule has 0 saturated carbocycles. The highest BCUT2D eigenvalue weighted by molar-refractivity contribution is 5.74. The Hall–Kier alpha value is -1.70. The van der Waals surface area contributed by atoms with E-state index < -0.39 is 0 Å². The summed E-state index contributed by atoms with van der Waals surface area (Å²) < 4.78 is 10.8. The van der Waals surface area contributed by atoms with Gasteiger partial charge in [-0.1, -0.05) is 6.07 Å². The summed E-state index contributed by atoms with van der Waals surface area (Å²) in [5.41, 5.74) is 0.989. The predicted octanol–water partition coefficient (Wildman–Crippen LogP) is 1.28. The van der Waals surface area contributed by atoms with Crippen LogP contribution < -0.4 is 5.32 Å². The van der Waals surface area contributed by atoms with E-state index in [1.54, 1.807) is 13.3 Å². The second-order valence-corrected chi connectivity index (χ2v) is 6.53. The minimum absolute atomic E-state index is 0.00347. The molecule has 1 aromatic heterocycles. The first-order valence-corrected chi connectivity index (χ1v) is 9.06. The molecule has 2 aliphatic rings. The number of piperidine rings is 1. The predicted molar refractivity (Wildman–Crippen MR) is 94.4 cm³/mol. The number of carbonyl (C=O) groups excluding carboxylic acids is 1. The summed E-state index contributed by atoms with van der Waals surface area (Å²) in [5.74, 6) is 0. The number of pyridine rings is 1.